The Morgan fingerprint density at radius 2 is 1.92 bits per heavy atom. The Morgan fingerprint density at radius 3 is 2.75 bits per heavy atom. The van der Waals surface area contributed by atoms with Crippen molar-refractivity contribution < 1.29 is 14.3 Å². The predicted molar refractivity (Wildman–Crippen MR) is 92.3 cm³/mol. The molecule has 0 aliphatic heterocycles. The van der Waals surface area contributed by atoms with Crippen LogP contribution >= 0.6 is 0 Å². The van der Waals surface area contributed by atoms with Gasteiger partial charge in [0.15, 0.2) is 5.78 Å². The average Bonchev–Trinajstić information content (AvgIpc) is 3.20. The fourth-order valence-electron chi connectivity index (χ4n) is 3.82. The maximum atomic E-state index is 12.8. The second-order valence-electron chi connectivity index (χ2n) is 6.34. The summed E-state index contributed by atoms with van der Waals surface area (Å²) in [5, 5.41) is 0. The molecule has 0 atom stereocenters. The summed E-state index contributed by atoms with van der Waals surface area (Å²) in [5.74, 6) is -0.300. The number of carbonyl (C=O) groups is 2. The molecule has 2 aromatic carbocycles. The molecule has 2 aromatic rings. The fourth-order valence-corrected chi connectivity index (χ4v) is 3.82. The molecular formula is C21H18O3. The summed E-state index contributed by atoms with van der Waals surface area (Å²) in [5.41, 5.74) is 6.75. The van der Waals surface area contributed by atoms with E-state index in [4.69, 9.17) is 4.74 Å². The number of methoxy groups -OCH3 is 1. The molecule has 3 heteroatoms. The maximum absolute atomic E-state index is 12.8. The van der Waals surface area contributed by atoms with Crippen LogP contribution in [0.1, 0.15) is 49.4 Å². The zero-order valence-electron chi connectivity index (χ0n) is 13.6. The van der Waals surface area contributed by atoms with Crippen molar-refractivity contribution >= 4 is 17.8 Å². The van der Waals surface area contributed by atoms with E-state index in [1.165, 1.54) is 30.2 Å². The van der Waals surface area contributed by atoms with Crippen LogP contribution in [0.25, 0.3) is 6.08 Å². The summed E-state index contributed by atoms with van der Waals surface area (Å²) >= 11 is 0. The average molecular weight is 318 g/mol. The topological polar surface area (TPSA) is 43.4 Å². The van der Waals surface area contributed by atoms with Gasteiger partial charge in [-0.05, 0) is 53.7 Å². The first kappa shape index (κ1) is 14.9. The second kappa shape index (κ2) is 5.75. The first-order valence-corrected chi connectivity index (χ1v) is 8.25. The van der Waals surface area contributed by atoms with Gasteiger partial charge in [-0.2, -0.15) is 0 Å². The SMILES string of the molecule is COC(=O)c1ccccc1/C=C1\Cc2c(ccc3c2CCC3)C1=O. The molecule has 3 nitrogen and oxygen atoms in total. The van der Waals surface area contributed by atoms with Gasteiger partial charge in [0, 0.05) is 17.6 Å². The molecule has 2 aliphatic rings. The lowest BCUT2D eigenvalue weighted by molar-refractivity contribution is 0.0600. The summed E-state index contributed by atoms with van der Waals surface area (Å²) in [6, 6.07) is 11.3. The zero-order valence-corrected chi connectivity index (χ0v) is 13.6. The number of allylic oxidation sites excluding steroid dienone is 1. The minimum atomic E-state index is -0.383. The highest BCUT2D eigenvalue weighted by Gasteiger charge is 2.29. The van der Waals surface area contributed by atoms with Gasteiger partial charge in [0.1, 0.15) is 0 Å². The van der Waals surface area contributed by atoms with Crippen molar-refractivity contribution in [3.8, 4) is 0 Å². The van der Waals surface area contributed by atoms with E-state index in [-0.39, 0.29) is 11.8 Å². The number of rotatable bonds is 2. The molecular weight excluding hydrogens is 300 g/mol. The number of benzene rings is 2. The molecule has 120 valence electrons. The molecule has 0 heterocycles. The Morgan fingerprint density at radius 1 is 1.08 bits per heavy atom. The van der Waals surface area contributed by atoms with Crippen LogP contribution < -0.4 is 0 Å². The lowest BCUT2D eigenvalue weighted by atomic mass is 9.99. The molecule has 0 unspecified atom stereocenters. The highest BCUT2D eigenvalue weighted by molar-refractivity contribution is 6.16. The van der Waals surface area contributed by atoms with Crippen LogP contribution in [-0.4, -0.2) is 18.9 Å². The Kier molecular flexibility index (Phi) is 3.57. The molecule has 0 aromatic heterocycles. The van der Waals surface area contributed by atoms with Crippen molar-refractivity contribution in [3.05, 3.63) is 75.4 Å². The first-order chi connectivity index (χ1) is 11.7. The number of hydrogen-bond donors (Lipinski definition) is 0. The monoisotopic (exact) mass is 318 g/mol. The number of aryl methyl sites for hydroxylation is 1. The van der Waals surface area contributed by atoms with Crippen LogP contribution in [0, 0.1) is 0 Å². The summed E-state index contributed by atoms with van der Waals surface area (Å²) in [7, 11) is 1.37. The Balaban J connectivity index is 1.76. The number of ketones is 1. The van der Waals surface area contributed by atoms with E-state index in [9.17, 15) is 9.59 Å². The molecule has 0 spiro atoms. The minimum Gasteiger partial charge on any atom is -0.465 e. The van der Waals surface area contributed by atoms with Crippen molar-refractivity contribution in [1.29, 1.82) is 0 Å². The Labute approximate surface area is 141 Å². The summed E-state index contributed by atoms with van der Waals surface area (Å²) in [4.78, 5) is 24.7. The molecule has 0 amide bonds. The summed E-state index contributed by atoms with van der Waals surface area (Å²) in [6.07, 6.45) is 5.85. The molecule has 0 radical (unpaired) electrons. The van der Waals surface area contributed by atoms with Crippen LogP contribution in [0.5, 0.6) is 0 Å². The van der Waals surface area contributed by atoms with E-state index in [0.29, 0.717) is 12.0 Å². The van der Waals surface area contributed by atoms with Crippen LogP contribution in [0.15, 0.2) is 42.0 Å². The van der Waals surface area contributed by atoms with Crippen LogP contribution in [0.4, 0.5) is 0 Å². The molecule has 0 N–H and O–H groups in total. The highest BCUT2D eigenvalue weighted by Crippen LogP contribution is 2.36. The number of Topliss-reactive ketones (excluding diaryl/α,β-unsaturated/α-hetero) is 1. The molecule has 2 aliphatic carbocycles. The third-order valence-corrected chi connectivity index (χ3v) is 5.00. The number of carbonyl (C=O) groups excluding carboxylic acids is 2. The summed E-state index contributed by atoms with van der Waals surface area (Å²) in [6.45, 7) is 0. The Hall–Kier alpha value is -2.68. The maximum Gasteiger partial charge on any atom is 0.338 e. The van der Waals surface area contributed by atoms with Crippen molar-refractivity contribution in [2.24, 2.45) is 0 Å². The number of ether oxygens (including phenoxy) is 1. The third-order valence-electron chi connectivity index (χ3n) is 5.00. The normalized spacial score (nSPS) is 17.0. The van der Waals surface area contributed by atoms with Crippen LogP contribution in [-0.2, 0) is 24.0 Å². The number of fused-ring (bicyclic) bond motifs is 3. The van der Waals surface area contributed by atoms with E-state index in [1.54, 1.807) is 12.1 Å². The quantitative estimate of drug-likeness (QED) is 0.625. The van der Waals surface area contributed by atoms with E-state index < -0.39 is 0 Å². The van der Waals surface area contributed by atoms with Crippen molar-refractivity contribution in [2.45, 2.75) is 25.7 Å². The van der Waals surface area contributed by atoms with Gasteiger partial charge in [-0.1, -0.05) is 30.3 Å². The van der Waals surface area contributed by atoms with Crippen LogP contribution in [0.2, 0.25) is 0 Å². The smallest absolute Gasteiger partial charge is 0.338 e. The van der Waals surface area contributed by atoms with Gasteiger partial charge in [0.05, 0.1) is 12.7 Å². The van der Waals surface area contributed by atoms with Gasteiger partial charge in [-0.25, -0.2) is 4.79 Å². The van der Waals surface area contributed by atoms with E-state index in [2.05, 4.69) is 6.07 Å². The van der Waals surface area contributed by atoms with Gasteiger partial charge in [0.25, 0.3) is 0 Å². The minimum absolute atomic E-state index is 0.0827. The molecule has 0 fully saturated rings. The first-order valence-electron chi connectivity index (χ1n) is 8.25. The molecule has 24 heavy (non-hydrogen) atoms. The molecule has 0 bridgehead atoms. The molecule has 0 saturated carbocycles. The fraction of sp³-hybridized carbons (Fsp3) is 0.238. The number of esters is 1. The van der Waals surface area contributed by atoms with E-state index >= 15 is 0 Å². The van der Waals surface area contributed by atoms with Gasteiger partial charge < -0.3 is 4.74 Å². The standard InChI is InChI=1S/C21H18O3/c1-24-21(23)17-7-3-2-5-14(17)11-15-12-19-16-8-4-6-13(16)9-10-18(19)20(15)22/h2-3,5,7,9-11H,4,6,8,12H2,1H3/b15-11+. The number of hydrogen-bond acceptors (Lipinski definition) is 3. The highest BCUT2D eigenvalue weighted by atomic mass is 16.5. The zero-order chi connectivity index (χ0) is 16.7. The predicted octanol–water partition coefficient (Wildman–Crippen LogP) is 3.78. The second-order valence-corrected chi connectivity index (χ2v) is 6.34. The van der Waals surface area contributed by atoms with Gasteiger partial charge in [-0.3, -0.25) is 4.79 Å². The Bertz CT molecular complexity index is 890. The molecule has 0 saturated heterocycles. The van der Waals surface area contributed by atoms with E-state index in [0.717, 1.165) is 29.5 Å². The van der Waals surface area contributed by atoms with Crippen molar-refractivity contribution in [2.75, 3.05) is 7.11 Å². The lowest BCUT2D eigenvalue weighted by Crippen LogP contribution is -2.04. The van der Waals surface area contributed by atoms with Crippen molar-refractivity contribution in [3.63, 3.8) is 0 Å². The van der Waals surface area contributed by atoms with Gasteiger partial charge in [0.2, 0.25) is 0 Å². The van der Waals surface area contributed by atoms with Crippen molar-refractivity contribution in [1.82, 2.24) is 0 Å². The van der Waals surface area contributed by atoms with E-state index in [1.807, 2.05) is 24.3 Å². The summed E-state index contributed by atoms with van der Waals surface area (Å²) < 4.78 is 4.84. The lowest BCUT2D eigenvalue weighted by Gasteiger charge is -2.05. The van der Waals surface area contributed by atoms with Crippen LogP contribution in [0.3, 0.4) is 0 Å². The van der Waals surface area contributed by atoms with Gasteiger partial charge in [-0.15, -0.1) is 0 Å². The van der Waals surface area contributed by atoms with Gasteiger partial charge >= 0.3 is 5.97 Å². The third kappa shape index (κ3) is 2.28. The molecule has 4 rings (SSSR count). The largest absolute Gasteiger partial charge is 0.465 e.